The van der Waals surface area contributed by atoms with Gasteiger partial charge in [0.1, 0.15) is 17.4 Å². The van der Waals surface area contributed by atoms with Crippen molar-refractivity contribution in [3.63, 3.8) is 0 Å². The van der Waals surface area contributed by atoms with Gasteiger partial charge in [-0.05, 0) is 74.1 Å². The van der Waals surface area contributed by atoms with Gasteiger partial charge in [0, 0.05) is 48.0 Å². The summed E-state index contributed by atoms with van der Waals surface area (Å²) in [5.74, 6) is 0.823. The number of carbonyl (C=O) groups is 2. The van der Waals surface area contributed by atoms with Gasteiger partial charge < -0.3 is 36.3 Å². The van der Waals surface area contributed by atoms with Crippen LogP contribution in [-0.2, 0) is 20.7 Å². The second kappa shape index (κ2) is 14.3. The van der Waals surface area contributed by atoms with Crippen molar-refractivity contribution >= 4 is 29.6 Å². The summed E-state index contributed by atoms with van der Waals surface area (Å²) in [6.07, 6.45) is 13.2. The van der Waals surface area contributed by atoms with Crippen LogP contribution >= 0.6 is 0 Å². The minimum absolute atomic E-state index is 0.0226. The molecule has 3 aromatic heterocycles. The first-order valence-electron chi connectivity index (χ1n) is 17.1. The number of anilines is 2. The van der Waals surface area contributed by atoms with Crippen LogP contribution in [0.5, 0.6) is 0 Å². The molecule has 13 nitrogen and oxygen atoms in total. The highest BCUT2D eigenvalue weighted by atomic mass is 16.5. The summed E-state index contributed by atoms with van der Waals surface area (Å²) in [5.41, 5.74) is 6.41. The number of aliphatic hydroxyl groups is 2. The Morgan fingerprint density at radius 2 is 2.00 bits per heavy atom. The standard InChI is InChI=1S/C37H46N8O5/c1-21-26(15-28(45-32-7-5-6-10-39-32)25-14-24(50-34(25)49)13-23-18-42-35(38)43-19-23)36(3)9-8-31(48)37(4,20-46)30(36)16-27(21)44-22(2)29(47)17-33-40-11-12-41-33/h5-7,10-14,18-19,22,26-28,30-31,44,46,48H,1,8-9,15-17,20H2,2-4H3,(H,39,45)(H,40,41)(H2,38,42,43)/b24-13+/t22?,26?,27?,28?,30?,31-,36-,37+/m1/s1. The number of fused-ring (bicyclic) bond motifs is 1. The van der Waals surface area contributed by atoms with Gasteiger partial charge in [-0.15, -0.1) is 0 Å². The van der Waals surface area contributed by atoms with E-state index in [0.29, 0.717) is 54.2 Å². The molecule has 5 unspecified atom stereocenters. The zero-order valence-corrected chi connectivity index (χ0v) is 28.7. The zero-order valence-electron chi connectivity index (χ0n) is 28.7. The Morgan fingerprint density at radius 1 is 1.22 bits per heavy atom. The first kappa shape index (κ1) is 35.1. The van der Waals surface area contributed by atoms with Crippen molar-refractivity contribution in [2.75, 3.05) is 17.7 Å². The predicted octanol–water partition coefficient (Wildman–Crippen LogP) is 3.38. The summed E-state index contributed by atoms with van der Waals surface area (Å²) in [5, 5.41) is 29.1. The number of carbonyl (C=O) groups excluding carboxylic acids is 2. The number of nitrogens with two attached hydrogens (primary N) is 1. The Balaban J connectivity index is 1.35. The van der Waals surface area contributed by atoms with Crippen LogP contribution in [0.1, 0.15) is 57.8 Å². The van der Waals surface area contributed by atoms with E-state index in [-0.39, 0.29) is 42.6 Å². The Labute approximate surface area is 291 Å². The Kier molecular flexibility index (Phi) is 10.0. The molecule has 0 radical (unpaired) electrons. The van der Waals surface area contributed by atoms with E-state index in [2.05, 4.69) is 49.1 Å². The summed E-state index contributed by atoms with van der Waals surface area (Å²) < 4.78 is 5.72. The van der Waals surface area contributed by atoms with E-state index >= 15 is 0 Å². The third-order valence-electron chi connectivity index (χ3n) is 11.2. The van der Waals surface area contributed by atoms with Crippen LogP contribution in [-0.4, -0.2) is 77.7 Å². The van der Waals surface area contributed by atoms with Crippen LogP contribution < -0.4 is 16.4 Å². The lowest BCUT2D eigenvalue weighted by Crippen LogP contribution is -2.62. The molecule has 2 fully saturated rings. The maximum Gasteiger partial charge on any atom is 0.341 e. The number of nitrogens with one attached hydrogen (secondary N) is 3. The smallest absolute Gasteiger partial charge is 0.341 e. The molecule has 6 rings (SSSR count). The van der Waals surface area contributed by atoms with Crippen molar-refractivity contribution in [3.8, 4) is 0 Å². The summed E-state index contributed by atoms with van der Waals surface area (Å²) in [6, 6.07) is 4.17. The third kappa shape index (κ3) is 6.98. The maximum absolute atomic E-state index is 13.6. The second-order valence-electron chi connectivity index (χ2n) is 14.3. The average Bonchev–Trinajstić information content (AvgIpc) is 3.75. The predicted molar refractivity (Wildman–Crippen MR) is 188 cm³/mol. The first-order chi connectivity index (χ1) is 23.9. The van der Waals surface area contributed by atoms with Crippen LogP contribution in [0.15, 0.2) is 78.7 Å². The van der Waals surface area contributed by atoms with E-state index in [1.54, 1.807) is 43.1 Å². The van der Waals surface area contributed by atoms with E-state index in [9.17, 15) is 19.8 Å². The van der Waals surface area contributed by atoms with Crippen LogP contribution in [0.3, 0.4) is 0 Å². The van der Waals surface area contributed by atoms with Gasteiger partial charge in [0.05, 0.1) is 36.8 Å². The van der Waals surface area contributed by atoms with Gasteiger partial charge in [-0.1, -0.05) is 32.1 Å². The quantitative estimate of drug-likeness (QED) is 0.120. The molecule has 0 bridgehead atoms. The van der Waals surface area contributed by atoms with Gasteiger partial charge in [0.25, 0.3) is 0 Å². The number of nitrogen functional groups attached to an aromatic ring is 1. The highest BCUT2D eigenvalue weighted by Crippen LogP contribution is 2.62. The number of pyridine rings is 1. The number of ether oxygens (including phenoxy) is 1. The SMILES string of the molecule is C=C1C(NC(C)C(=O)Cc2ncc[nH]2)CC2[C@](C)(CC[C@@H](O)[C@@]2(C)CO)C1CC(Nc1ccccn1)C1=C/C(=C\c2cnc(N)nc2)OC1=O. The number of esters is 1. The molecule has 3 aliphatic rings. The Bertz CT molecular complexity index is 1760. The first-order valence-corrected chi connectivity index (χ1v) is 17.1. The lowest BCUT2D eigenvalue weighted by atomic mass is 9.45. The van der Waals surface area contributed by atoms with Crippen LogP contribution in [0, 0.1) is 22.7 Å². The van der Waals surface area contributed by atoms with Crippen molar-refractivity contribution in [2.24, 2.45) is 22.7 Å². The number of nitrogens with zero attached hydrogens (tertiary/aromatic N) is 4. The summed E-state index contributed by atoms with van der Waals surface area (Å²) in [4.78, 5) is 46.6. The summed E-state index contributed by atoms with van der Waals surface area (Å²) in [7, 11) is 0. The molecule has 0 aromatic carbocycles. The molecule has 2 aliphatic carbocycles. The maximum atomic E-state index is 13.6. The average molecular weight is 683 g/mol. The number of Topliss-reactive ketones (excluding diaryl/α,β-unsaturated/α-hetero) is 1. The van der Waals surface area contributed by atoms with Crippen molar-refractivity contribution in [1.82, 2.24) is 30.2 Å². The highest BCUT2D eigenvalue weighted by molar-refractivity contribution is 5.95. The van der Waals surface area contributed by atoms with Crippen LogP contribution in [0.25, 0.3) is 6.08 Å². The molecule has 1 aliphatic heterocycles. The molecule has 2 saturated carbocycles. The molecule has 4 heterocycles. The van der Waals surface area contributed by atoms with Crippen LogP contribution in [0.2, 0.25) is 0 Å². The van der Waals surface area contributed by atoms with Gasteiger partial charge in [0.15, 0.2) is 5.78 Å². The fourth-order valence-electron chi connectivity index (χ4n) is 8.30. The van der Waals surface area contributed by atoms with E-state index in [4.69, 9.17) is 10.5 Å². The van der Waals surface area contributed by atoms with Crippen LogP contribution in [0.4, 0.5) is 11.8 Å². The molecule has 0 amide bonds. The number of aromatic amines is 1. The number of rotatable bonds is 12. The van der Waals surface area contributed by atoms with Gasteiger partial charge in [-0.2, -0.15) is 0 Å². The summed E-state index contributed by atoms with van der Waals surface area (Å²) >= 11 is 0. The third-order valence-corrected chi connectivity index (χ3v) is 11.2. The second-order valence-corrected chi connectivity index (χ2v) is 14.3. The van der Waals surface area contributed by atoms with Crippen molar-refractivity contribution in [3.05, 3.63) is 90.1 Å². The zero-order chi connectivity index (χ0) is 35.6. The van der Waals surface area contributed by atoms with E-state index in [1.807, 2.05) is 32.0 Å². The number of cyclic esters (lactones) is 1. The lowest BCUT2D eigenvalue weighted by molar-refractivity contribution is -0.156. The van der Waals surface area contributed by atoms with Crippen molar-refractivity contribution in [2.45, 2.75) is 77.1 Å². The molecule has 7 N–H and O–H groups in total. The number of hydrogen-bond donors (Lipinski definition) is 6. The van der Waals surface area contributed by atoms with Gasteiger partial charge in [-0.25, -0.2) is 24.7 Å². The minimum atomic E-state index is -0.792. The number of imidazole rings is 1. The number of hydrogen-bond acceptors (Lipinski definition) is 12. The number of H-pyrrole nitrogens is 1. The minimum Gasteiger partial charge on any atom is -0.423 e. The van der Waals surface area contributed by atoms with Gasteiger partial charge in [-0.3, -0.25) is 4.79 Å². The fraction of sp³-hybridized carbons (Fsp3) is 0.459. The number of aliphatic hydroxyl groups excluding tert-OH is 2. The Morgan fingerprint density at radius 3 is 2.68 bits per heavy atom. The largest absolute Gasteiger partial charge is 0.423 e. The number of allylic oxidation sites excluding steroid dienone is 1. The Hall–Kier alpha value is -4.72. The molecule has 264 valence electrons. The molecule has 8 atom stereocenters. The molecular weight excluding hydrogens is 636 g/mol. The molecule has 0 saturated heterocycles. The molecular formula is C37H46N8O5. The topological polar surface area (TPSA) is 201 Å². The van der Waals surface area contributed by atoms with Crippen molar-refractivity contribution < 1.29 is 24.5 Å². The van der Waals surface area contributed by atoms with E-state index in [0.717, 1.165) is 5.57 Å². The molecule has 50 heavy (non-hydrogen) atoms. The molecule has 13 heteroatoms. The number of ketones is 1. The lowest BCUT2D eigenvalue weighted by Gasteiger charge is -2.62. The molecule has 3 aromatic rings. The highest BCUT2D eigenvalue weighted by Gasteiger charge is 2.60. The normalized spacial score (nSPS) is 29.9. The van der Waals surface area contributed by atoms with Gasteiger partial charge >= 0.3 is 5.97 Å². The van der Waals surface area contributed by atoms with E-state index < -0.39 is 35.0 Å². The monoisotopic (exact) mass is 682 g/mol. The fourth-order valence-corrected chi connectivity index (χ4v) is 8.30. The summed E-state index contributed by atoms with van der Waals surface area (Å²) in [6.45, 7) is 10.5. The molecule has 0 spiro atoms. The number of aromatic nitrogens is 5. The van der Waals surface area contributed by atoms with E-state index in [1.165, 1.54) is 0 Å². The van der Waals surface area contributed by atoms with Gasteiger partial charge in [0.2, 0.25) is 5.95 Å². The van der Waals surface area contributed by atoms with Crippen molar-refractivity contribution in [1.29, 1.82) is 0 Å².